The van der Waals surface area contributed by atoms with Gasteiger partial charge in [0.25, 0.3) is 0 Å². The molecule has 138 valence electrons. The van der Waals surface area contributed by atoms with Crippen LogP contribution in [0.4, 0.5) is 4.79 Å². The van der Waals surface area contributed by atoms with E-state index in [9.17, 15) is 19.8 Å². The van der Waals surface area contributed by atoms with Gasteiger partial charge in [-0.1, -0.05) is 51.1 Å². The molecule has 1 heterocycles. The highest BCUT2D eigenvalue weighted by molar-refractivity contribution is 5.95. The number of carbonyl (C=O) groups excluding carboxylic acids is 2. The average molecular weight is 349 g/mol. The van der Waals surface area contributed by atoms with Gasteiger partial charge in [-0.05, 0) is 18.4 Å². The van der Waals surface area contributed by atoms with Gasteiger partial charge in [-0.3, -0.25) is 4.79 Å². The van der Waals surface area contributed by atoms with Crippen LogP contribution in [0, 0.1) is 11.8 Å². The summed E-state index contributed by atoms with van der Waals surface area (Å²) in [5, 5.41) is 20.3. The van der Waals surface area contributed by atoms with E-state index in [1.54, 1.807) is 13.8 Å². The lowest BCUT2D eigenvalue weighted by Gasteiger charge is -2.30. The van der Waals surface area contributed by atoms with Crippen LogP contribution < -0.4 is 0 Å². The quantitative estimate of drug-likeness (QED) is 0.786. The molecule has 1 aliphatic heterocycles. The Bertz CT molecular complexity index is 591. The standard InChI is InChI=1S/C19H27NO5/c1-4-16(21)12(2)17(22)13(3)18(23)20-15(11-25-19(20)24)10-14-8-6-5-7-9-14/h5-9,12-13,15-17,21-22H,4,10-11H2,1-3H3/t12-,13+,15+,16-,17+/m1/s1. The Hall–Kier alpha value is -1.92. The number of nitrogens with zero attached hydrogens (tertiary/aromatic N) is 1. The molecular formula is C19H27NO5. The van der Waals surface area contributed by atoms with Crippen molar-refractivity contribution in [1.82, 2.24) is 4.90 Å². The molecule has 0 spiro atoms. The highest BCUT2D eigenvalue weighted by atomic mass is 16.6. The van der Waals surface area contributed by atoms with E-state index in [0.29, 0.717) is 12.8 Å². The lowest BCUT2D eigenvalue weighted by Crippen LogP contribution is -2.48. The van der Waals surface area contributed by atoms with E-state index in [0.717, 1.165) is 10.5 Å². The number of carbonyl (C=O) groups is 2. The van der Waals surface area contributed by atoms with Crippen LogP contribution >= 0.6 is 0 Å². The van der Waals surface area contributed by atoms with E-state index in [1.165, 1.54) is 0 Å². The number of aliphatic hydroxyl groups is 2. The third-order valence-corrected chi connectivity index (χ3v) is 4.98. The van der Waals surface area contributed by atoms with Crippen LogP contribution in [0.15, 0.2) is 30.3 Å². The molecule has 2 amide bonds. The van der Waals surface area contributed by atoms with Crippen molar-refractivity contribution in [2.24, 2.45) is 11.8 Å². The summed E-state index contributed by atoms with van der Waals surface area (Å²) < 4.78 is 5.07. The fraction of sp³-hybridized carbons (Fsp3) is 0.579. The largest absolute Gasteiger partial charge is 0.447 e. The summed E-state index contributed by atoms with van der Waals surface area (Å²) >= 11 is 0. The molecule has 0 saturated carbocycles. The molecule has 6 nitrogen and oxygen atoms in total. The predicted molar refractivity (Wildman–Crippen MR) is 92.8 cm³/mol. The topological polar surface area (TPSA) is 87.1 Å². The van der Waals surface area contributed by atoms with Gasteiger partial charge in [0.2, 0.25) is 5.91 Å². The van der Waals surface area contributed by atoms with Gasteiger partial charge in [0.05, 0.1) is 24.2 Å². The van der Waals surface area contributed by atoms with Crippen LogP contribution in [0.3, 0.4) is 0 Å². The Morgan fingerprint density at radius 2 is 1.92 bits per heavy atom. The fourth-order valence-corrected chi connectivity index (χ4v) is 3.19. The van der Waals surface area contributed by atoms with E-state index in [1.807, 2.05) is 37.3 Å². The summed E-state index contributed by atoms with van der Waals surface area (Å²) in [6.07, 6.45) is -1.41. The molecule has 2 rings (SSSR count). The zero-order valence-corrected chi connectivity index (χ0v) is 15.0. The first kappa shape index (κ1) is 19.4. The zero-order chi connectivity index (χ0) is 18.6. The molecule has 1 saturated heterocycles. The third kappa shape index (κ3) is 4.38. The molecule has 1 aromatic rings. The van der Waals surface area contributed by atoms with Crippen molar-refractivity contribution in [2.75, 3.05) is 6.61 Å². The molecule has 0 unspecified atom stereocenters. The van der Waals surface area contributed by atoms with Gasteiger partial charge in [-0.15, -0.1) is 0 Å². The van der Waals surface area contributed by atoms with Crippen molar-refractivity contribution in [1.29, 1.82) is 0 Å². The maximum atomic E-state index is 12.8. The highest BCUT2D eigenvalue weighted by Crippen LogP contribution is 2.24. The third-order valence-electron chi connectivity index (χ3n) is 4.98. The van der Waals surface area contributed by atoms with Gasteiger partial charge in [0, 0.05) is 5.92 Å². The second kappa shape index (κ2) is 8.45. The van der Waals surface area contributed by atoms with E-state index in [-0.39, 0.29) is 12.6 Å². The van der Waals surface area contributed by atoms with Gasteiger partial charge in [-0.2, -0.15) is 0 Å². The minimum Gasteiger partial charge on any atom is -0.447 e. The summed E-state index contributed by atoms with van der Waals surface area (Å²) in [6, 6.07) is 9.19. The first-order valence-corrected chi connectivity index (χ1v) is 8.76. The SMILES string of the molecule is CC[C@@H](O)[C@@H](C)[C@H](O)[C@H](C)C(=O)N1C(=O)OC[C@@H]1Cc1ccccc1. The number of aliphatic hydroxyl groups excluding tert-OH is 2. The average Bonchev–Trinajstić information content (AvgIpc) is 2.99. The van der Waals surface area contributed by atoms with Crippen molar-refractivity contribution < 1.29 is 24.5 Å². The number of amides is 2. The van der Waals surface area contributed by atoms with Gasteiger partial charge >= 0.3 is 6.09 Å². The maximum Gasteiger partial charge on any atom is 0.416 e. The summed E-state index contributed by atoms with van der Waals surface area (Å²) in [6.45, 7) is 5.24. The van der Waals surface area contributed by atoms with Crippen LogP contribution in [0.2, 0.25) is 0 Å². The van der Waals surface area contributed by atoms with Gasteiger partial charge in [-0.25, -0.2) is 9.69 Å². The van der Waals surface area contributed by atoms with Gasteiger partial charge < -0.3 is 14.9 Å². The predicted octanol–water partition coefficient (Wildman–Crippen LogP) is 1.98. The molecule has 1 aromatic carbocycles. The number of ether oxygens (including phenoxy) is 1. The molecule has 0 radical (unpaired) electrons. The van der Waals surface area contributed by atoms with E-state index in [2.05, 4.69) is 0 Å². The Balaban J connectivity index is 2.10. The molecule has 25 heavy (non-hydrogen) atoms. The number of rotatable bonds is 7. The van der Waals surface area contributed by atoms with Crippen molar-refractivity contribution in [2.45, 2.75) is 51.9 Å². The van der Waals surface area contributed by atoms with Gasteiger partial charge in [0.1, 0.15) is 6.61 Å². The Kier molecular flexibility index (Phi) is 6.56. The molecule has 0 bridgehead atoms. The fourth-order valence-electron chi connectivity index (χ4n) is 3.19. The van der Waals surface area contributed by atoms with E-state index in [4.69, 9.17) is 4.74 Å². The van der Waals surface area contributed by atoms with Gasteiger partial charge in [0.15, 0.2) is 0 Å². The van der Waals surface area contributed by atoms with Crippen LogP contribution in [0.25, 0.3) is 0 Å². The van der Waals surface area contributed by atoms with Crippen molar-refractivity contribution in [3.8, 4) is 0 Å². The minimum absolute atomic E-state index is 0.148. The number of benzene rings is 1. The lowest BCUT2D eigenvalue weighted by molar-refractivity contribution is -0.138. The summed E-state index contributed by atoms with van der Waals surface area (Å²) in [5.41, 5.74) is 1.01. The Morgan fingerprint density at radius 1 is 1.28 bits per heavy atom. The molecular weight excluding hydrogens is 322 g/mol. The second-order valence-corrected chi connectivity index (χ2v) is 6.74. The van der Waals surface area contributed by atoms with E-state index < -0.39 is 36.0 Å². The van der Waals surface area contributed by atoms with Crippen molar-refractivity contribution in [3.05, 3.63) is 35.9 Å². The monoisotopic (exact) mass is 349 g/mol. The Morgan fingerprint density at radius 3 is 2.52 bits per heavy atom. The summed E-state index contributed by atoms with van der Waals surface area (Å²) in [5.74, 6) is -1.73. The number of cyclic esters (lactones) is 1. The minimum atomic E-state index is -1.03. The number of hydrogen-bond acceptors (Lipinski definition) is 5. The molecule has 1 fully saturated rings. The highest BCUT2D eigenvalue weighted by Gasteiger charge is 2.42. The summed E-state index contributed by atoms with van der Waals surface area (Å²) in [7, 11) is 0. The second-order valence-electron chi connectivity index (χ2n) is 6.74. The first-order valence-electron chi connectivity index (χ1n) is 8.76. The molecule has 6 heteroatoms. The van der Waals surface area contributed by atoms with Crippen molar-refractivity contribution in [3.63, 3.8) is 0 Å². The van der Waals surface area contributed by atoms with Crippen LogP contribution in [-0.4, -0.2) is 52.0 Å². The molecule has 2 N–H and O–H groups in total. The maximum absolute atomic E-state index is 12.8. The number of imide groups is 1. The molecule has 5 atom stereocenters. The zero-order valence-electron chi connectivity index (χ0n) is 15.0. The summed E-state index contributed by atoms with van der Waals surface area (Å²) in [4.78, 5) is 26.0. The first-order chi connectivity index (χ1) is 11.9. The normalized spacial score (nSPS) is 22.2. The smallest absolute Gasteiger partial charge is 0.416 e. The molecule has 0 aromatic heterocycles. The lowest BCUT2D eigenvalue weighted by atomic mass is 9.87. The number of hydrogen-bond donors (Lipinski definition) is 2. The molecule has 0 aliphatic carbocycles. The van der Waals surface area contributed by atoms with E-state index >= 15 is 0 Å². The van der Waals surface area contributed by atoms with Crippen LogP contribution in [-0.2, 0) is 16.0 Å². The molecule has 1 aliphatic rings. The van der Waals surface area contributed by atoms with Crippen LogP contribution in [0.1, 0.15) is 32.8 Å². The van der Waals surface area contributed by atoms with Crippen LogP contribution in [0.5, 0.6) is 0 Å². The van der Waals surface area contributed by atoms with Crippen molar-refractivity contribution >= 4 is 12.0 Å². The Labute approximate surface area is 148 Å².